The van der Waals surface area contributed by atoms with Crippen LogP contribution in [0.25, 0.3) is 0 Å². The molecule has 0 aliphatic carbocycles. The van der Waals surface area contributed by atoms with Gasteiger partial charge in [0, 0.05) is 23.4 Å². The number of aromatic nitrogens is 1. The highest BCUT2D eigenvalue weighted by atomic mass is 79.9. The van der Waals surface area contributed by atoms with Gasteiger partial charge in [0.15, 0.2) is 0 Å². The molecule has 1 aromatic rings. The summed E-state index contributed by atoms with van der Waals surface area (Å²) in [6.07, 6.45) is 3.17. The Morgan fingerprint density at radius 3 is 3.15 bits per heavy atom. The number of nitriles is 1. The minimum Gasteiger partial charge on any atom is -0.379 e. The average molecular weight is 238 g/mol. The maximum absolute atomic E-state index is 8.72. The number of nitrogens with zero attached hydrogens (tertiary/aromatic N) is 2. The fourth-order valence-electron chi connectivity index (χ4n) is 0.829. The first-order valence-corrected chi connectivity index (χ1v) is 4.44. The SMILES string of the molecule is C=C(Br)CNc1ccncc1C#N. The normalized spacial score (nSPS) is 8.92. The van der Waals surface area contributed by atoms with Gasteiger partial charge in [-0.1, -0.05) is 22.5 Å². The van der Waals surface area contributed by atoms with Crippen molar-refractivity contribution in [2.75, 3.05) is 11.9 Å². The summed E-state index contributed by atoms with van der Waals surface area (Å²) in [6.45, 7) is 4.28. The van der Waals surface area contributed by atoms with Gasteiger partial charge in [-0.15, -0.1) is 0 Å². The smallest absolute Gasteiger partial charge is 0.103 e. The predicted octanol–water partition coefficient (Wildman–Crippen LogP) is 2.27. The lowest BCUT2D eigenvalue weighted by atomic mass is 10.2. The highest BCUT2D eigenvalue weighted by molar-refractivity contribution is 9.11. The van der Waals surface area contributed by atoms with Gasteiger partial charge in [-0.3, -0.25) is 4.98 Å². The fraction of sp³-hybridized carbons (Fsp3) is 0.111. The lowest BCUT2D eigenvalue weighted by Crippen LogP contribution is -2.02. The van der Waals surface area contributed by atoms with Crippen molar-refractivity contribution in [3.63, 3.8) is 0 Å². The van der Waals surface area contributed by atoms with Crippen LogP contribution in [0, 0.1) is 11.3 Å². The molecule has 0 aromatic carbocycles. The Labute approximate surface area is 85.2 Å². The molecule has 0 saturated carbocycles. The molecule has 0 aliphatic heterocycles. The number of rotatable bonds is 3. The van der Waals surface area contributed by atoms with E-state index in [1.165, 1.54) is 6.20 Å². The number of pyridine rings is 1. The molecule has 13 heavy (non-hydrogen) atoms. The number of nitrogens with one attached hydrogen (secondary N) is 1. The number of anilines is 1. The van der Waals surface area contributed by atoms with Crippen LogP contribution >= 0.6 is 15.9 Å². The first-order valence-electron chi connectivity index (χ1n) is 3.65. The Hall–Kier alpha value is -1.34. The molecule has 1 heterocycles. The summed E-state index contributed by atoms with van der Waals surface area (Å²) in [5, 5.41) is 11.8. The zero-order valence-electron chi connectivity index (χ0n) is 6.92. The van der Waals surface area contributed by atoms with E-state index in [2.05, 4.69) is 32.8 Å². The topological polar surface area (TPSA) is 48.7 Å². The first-order chi connectivity index (χ1) is 6.24. The molecule has 0 radical (unpaired) electrons. The monoisotopic (exact) mass is 237 g/mol. The summed E-state index contributed by atoms with van der Waals surface area (Å²) < 4.78 is 0.841. The Balaban J connectivity index is 2.77. The van der Waals surface area contributed by atoms with Crippen LogP contribution in [0.2, 0.25) is 0 Å². The Bertz CT molecular complexity index is 354. The third-order valence-electron chi connectivity index (χ3n) is 1.41. The molecule has 66 valence electrons. The maximum atomic E-state index is 8.72. The van der Waals surface area contributed by atoms with Crippen LogP contribution in [-0.2, 0) is 0 Å². The molecule has 1 rings (SSSR count). The number of hydrogen-bond acceptors (Lipinski definition) is 3. The van der Waals surface area contributed by atoms with Crippen molar-refractivity contribution in [2.24, 2.45) is 0 Å². The van der Waals surface area contributed by atoms with Crippen molar-refractivity contribution in [1.29, 1.82) is 5.26 Å². The van der Waals surface area contributed by atoms with Gasteiger partial charge < -0.3 is 5.32 Å². The second-order valence-corrected chi connectivity index (χ2v) is 3.53. The quantitative estimate of drug-likeness (QED) is 0.878. The van der Waals surface area contributed by atoms with Crippen molar-refractivity contribution in [2.45, 2.75) is 0 Å². The Morgan fingerprint density at radius 2 is 2.54 bits per heavy atom. The number of halogens is 1. The van der Waals surface area contributed by atoms with Crippen molar-refractivity contribution in [3.8, 4) is 6.07 Å². The third kappa shape index (κ3) is 2.88. The van der Waals surface area contributed by atoms with E-state index in [9.17, 15) is 0 Å². The summed E-state index contributed by atoms with van der Waals surface area (Å²) in [5.74, 6) is 0. The van der Waals surface area contributed by atoms with Gasteiger partial charge in [-0.2, -0.15) is 5.26 Å². The van der Waals surface area contributed by atoms with Crippen LogP contribution in [0.4, 0.5) is 5.69 Å². The largest absolute Gasteiger partial charge is 0.379 e. The van der Waals surface area contributed by atoms with Crippen LogP contribution < -0.4 is 5.32 Å². The van der Waals surface area contributed by atoms with Crippen molar-refractivity contribution >= 4 is 21.6 Å². The van der Waals surface area contributed by atoms with E-state index < -0.39 is 0 Å². The van der Waals surface area contributed by atoms with Gasteiger partial charge in [-0.25, -0.2) is 0 Å². The van der Waals surface area contributed by atoms with E-state index in [4.69, 9.17) is 5.26 Å². The van der Waals surface area contributed by atoms with E-state index >= 15 is 0 Å². The van der Waals surface area contributed by atoms with Crippen LogP contribution in [0.3, 0.4) is 0 Å². The van der Waals surface area contributed by atoms with E-state index in [0.717, 1.165) is 10.2 Å². The predicted molar refractivity (Wildman–Crippen MR) is 55.5 cm³/mol. The van der Waals surface area contributed by atoms with Crippen molar-refractivity contribution in [1.82, 2.24) is 4.98 Å². The van der Waals surface area contributed by atoms with Crippen LogP contribution in [0.1, 0.15) is 5.56 Å². The first kappa shape index (κ1) is 9.75. The van der Waals surface area contributed by atoms with Crippen LogP contribution in [0.5, 0.6) is 0 Å². The lowest BCUT2D eigenvalue weighted by molar-refractivity contribution is 1.25. The van der Waals surface area contributed by atoms with Gasteiger partial charge in [0.2, 0.25) is 0 Å². The molecule has 1 N–H and O–H groups in total. The van der Waals surface area contributed by atoms with Crippen LogP contribution in [0.15, 0.2) is 29.5 Å². The minimum atomic E-state index is 0.538. The molecule has 1 aromatic heterocycles. The van der Waals surface area contributed by atoms with Crippen molar-refractivity contribution in [3.05, 3.63) is 35.1 Å². The summed E-state index contributed by atoms with van der Waals surface area (Å²) >= 11 is 3.22. The lowest BCUT2D eigenvalue weighted by Gasteiger charge is -2.05. The van der Waals surface area contributed by atoms with E-state index in [-0.39, 0.29) is 0 Å². The van der Waals surface area contributed by atoms with Crippen LogP contribution in [-0.4, -0.2) is 11.5 Å². The molecule has 3 nitrogen and oxygen atoms in total. The highest BCUT2D eigenvalue weighted by Gasteiger charge is 1.99. The highest BCUT2D eigenvalue weighted by Crippen LogP contribution is 2.13. The molecular weight excluding hydrogens is 230 g/mol. The molecule has 0 saturated heterocycles. The van der Waals surface area contributed by atoms with E-state index in [1.54, 1.807) is 12.3 Å². The summed E-state index contributed by atoms with van der Waals surface area (Å²) in [6, 6.07) is 3.81. The Kier molecular flexibility index (Phi) is 3.47. The second-order valence-electron chi connectivity index (χ2n) is 2.40. The molecule has 0 bridgehead atoms. The molecule has 0 aliphatic rings. The molecule has 0 atom stereocenters. The Morgan fingerprint density at radius 1 is 1.77 bits per heavy atom. The average Bonchev–Trinajstić information content (AvgIpc) is 2.15. The second kappa shape index (κ2) is 4.63. The third-order valence-corrected chi connectivity index (χ3v) is 1.69. The standard InChI is InChI=1S/C9H8BrN3/c1-7(10)5-13-9-2-3-12-6-8(9)4-11/h2-3,6H,1,5H2,(H,12,13). The maximum Gasteiger partial charge on any atom is 0.103 e. The summed E-state index contributed by atoms with van der Waals surface area (Å²) in [4.78, 5) is 3.85. The number of hydrogen-bond donors (Lipinski definition) is 1. The minimum absolute atomic E-state index is 0.538. The van der Waals surface area contributed by atoms with Crippen molar-refractivity contribution < 1.29 is 0 Å². The fourth-order valence-corrected chi connectivity index (χ4v) is 0.969. The molecule has 0 fully saturated rings. The molecule has 0 amide bonds. The molecule has 4 heteroatoms. The summed E-state index contributed by atoms with van der Waals surface area (Å²) in [7, 11) is 0. The molecule has 0 unspecified atom stereocenters. The zero-order chi connectivity index (χ0) is 9.68. The summed E-state index contributed by atoms with van der Waals surface area (Å²) in [5.41, 5.74) is 1.31. The van der Waals surface area contributed by atoms with Gasteiger partial charge in [0.25, 0.3) is 0 Å². The van der Waals surface area contributed by atoms with Gasteiger partial charge in [-0.05, 0) is 6.07 Å². The van der Waals surface area contributed by atoms with Gasteiger partial charge in [0.1, 0.15) is 6.07 Å². The van der Waals surface area contributed by atoms with E-state index in [0.29, 0.717) is 12.1 Å². The van der Waals surface area contributed by atoms with Gasteiger partial charge in [0.05, 0.1) is 11.3 Å². The molecular formula is C9H8BrN3. The molecule has 0 spiro atoms. The zero-order valence-corrected chi connectivity index (χ0v) is 8.50. The van der Waals surface area contributed by atoms with E-state index in [1.807, 2.05) is 6.07 Å². The van der Waals surface area contributed by atoms with Gasteiger partial charge >= 0.3 is 0 Å².